The Kier molecular flexibility index (Phi) is 2.81. The van der Waals surface area contributed by atoms with Gasteiger partial charge < -0.3 is 15.4 Å². The summed E-state index contributed by atoms with van der Waals surface area (Å²) in [6.07, 6.45) is 2.31. The maximum absolute atomic E-state index is 6.16. The van der Waals surface area contributed by atoms with E-state index in [1.165, 1.54) is 22.4 Å². The second-order valence-corrected chi connectivity index (χ2v) is 6.11. The van der Waals surface area contributed by atoms with Gasteiger partial charge in [0.2, 0.25) is 0 Å². The van der Waals surface area contributed by atoms with Crippen LogP contribution in [0.15, 0.2) is 36.4 Å². The highest BCUT2D eigenvalue weighted by atomic mass is 16.5. The average Bonchev–Trinajstić information content (AvgIpc) is 3.03. The molecule has 0 radical (unpaired) electrons. The van der Waals surface area contributed by atoms with E-state index in [1.54, 1.807) is 0 Å². The monoisotopic (exact) mass is 280 g/mol. The number of hydrogen-bond donors (Lipinski definition) is 1. The van der Waals surface area contributed by atoms with Gasteiger partial charge in [-0.1, -0.05) is 29.8 Å². The molecule has 0 saturated carbocycles. The molecule has 1 atom stereocenters. The summed E-state index contributed by atoms with van der Waals surface area (Å²) in [6.45, 7) is 4.08. The predicted octanol–water partition coefficient (Wildman–Crippen LogP) is 2.94. The number of benzene rings is 2. The lowest BCUT2D eigenvalue weighted by Gasteiger charge is -2.24. The van der Waals surface area contributed by atoms with Crippen LogP contribution in [0.3, 0.4) is 0 Å². The van der Waals surface area contributed by atoms with E-state index in [2.05, 4.69) is 36.1 Å². The van der Waals surface area contributed by atoms with E-state index in [1.807, 2.05) is 12.1 Å². The third-order valence-electron chi connectivity index (χ3n) is 4.50. The van der Waals surface area contributed by atoms with Gasteiger partial charge in [-0.2, -0.15) is 0 Å². The Morgan fingerprint density at radius 2 is 2.14 bits per heavy atom. The summed E-state index contributed by atoms with van der Waals surface area (Å²) in [5.41, 5.74) is 12.3. The van der Waals surface area contributed by atoms with E-state index < -0.39 is 0 Å². The first-order valence-electron chi connectivity index (χ1n) is 7.59. The Labute approximate surface area is 125 Å². The molecular weight excluding hydrogens is 260 g/mol. The number of nitrogens with zero attached hydrogens (tertiary/aromatic N) is 1. The van der Waals surface area contributed by atoms with Crippen LogP contribution in [-0.2, 0) is 12.8 Å². The number of ether oxygens (including phenoxy) is 1. The summed E-state index contributed by atoms with van der Waals surface area (Å²) in [7, 11) is 0. The Bertz CT molecular complexity index is 696. The summed E-state index contributed by atoms with van der Waals surface area (Å²) in [5.74, 6) is 1.05. The maximum atomic E-state index is 6.16. The van der Waals surface area contributed by atoms with E-state index in [0.29, 0.717) is 0 Å². The van der Waals surface area contributed by atoms with Crippen LogP contribution in [0, 0.1) is 6.92 Å². The van der Waals surface area contributed by atoms with Gasteiger partial charge in [0.15, 0.2) is 0 Å². The van der Waals surface area contributed by atoms with Crippen LogP contribution in [0.1, 0.15) is 16.7 Å². The molecule has 1 unspecified atom stereocenters. The fourth-order valence-electron chi connectivity index (χ4n) is 3.55. The normalized spacial score (nSPS) is 19.3. The fourth-order valence-corrected chi connectivity index (χ4v) is 3.55. The standard InChI is InChI=1S/C18H20N2O/c1-12-5-6-17-14(9-12)10-15(21-17)11-20-8-7-13-3-2-4-16(19)18(13)20/h2-6,9,15H,7-8,10-11,19H2,1H3. The second kappa shape index (κ2) is 4.69. The lowest BCUT2D eigenvalue weighted by atomic mass is 10.1. The molecule has 4 rings (SSSR count). The number of rotatable bonds is 2. The average molecular weight is 280 g/mol. The van der Waals surface area contributed by atoms with Gasteiger partial charge in [-0.15, -0.1) is 0 Å². The third kappa shape index (κ3) is 2.13. The molecule has 3 heteroatoms. The fraction of sp³-hybridized carbons (Fsp3) is 0.333. The number of aryl methyl sites for hydroxylation is 1. The zero-order valence-corrected chi connectivity index (χ0v) is 12.3. The predicted molar refractivity (Wildman–Crippen MR) is 86.1 cm³/mol. The van der Waals surface area contributed by atoms with Crippen molar-refractivity contribution >= 4 is 11.4 Å². The molecule has 0 saturated heterocycles. The Morgan fingerprint density at radius 1 is 1.24 bits per heavy atom. The van der Waals surface area contributed by atoms with Crippen LogP contribution in [0.4, 0.5) is 11.4 Å². The zero-order valence-electron chi connectivity index (χ0n) is 12.3. The van der Waals surface area contributed by atoms with E-state index in [9.17, 15) is 0 Å². The van der Waals surface area contributed by atoms with Gasteiger partial charge in [-0.25, -0.2) is 0 Å². The Hall–Kier alpha value is -2.16. The molecule has 2 aliphatic heterocycles. The van der Waals surface area contributed by atoms with Gasteiger partial charge in [-0.3, -0.25) is 0 Å². The number of hydrogen-bond acceptors (Lipinski definition) is 3. The van der Waals surface area contributed by atoms with Gasteiger partial charge >= 0.3 is 0 Å². The molecule has 2 aromatic rings. The maximum Gasteiger partial charge on any atom is 0.123 e. The van der Waals surface area contributed by atoms with Gasteiger partial charge in [0.05, 0.1) is 17.9 Å². The molecule has 2 N–H and O–H groups in total. The minimum absolute atomic E-state index is 0.229. The molecule has 0 aliphatic carbocycles. The molecule has 0 bridgehead atoms. The topological polar surface area (TPSA) is 38.5 Å². The summed E-state index contributed by atoms with van der Waals surface area (Å²) in [4.78, 5) is 2.38. The molecule has 0 amide bonds. The molecule has 0 aromatic heterocycles. The zero-order chi connectivity index (χ0) is 14.4. The van der Waals surface area contributed by atoms with Gasteiger partial charge in [-0.05, 0) is 36.6 Å². The van der Waals surface area contributed by atoms with Crippen molar-refractivity contribution in [1.29, 1.82) is 0 Å². The molecular formula is C18H20N2O. The molecule has 0 spiro atoms. The molecule has 2 aromatic carbocycles. The number of nitrogen functional groups attached to an aromatic ring is 1. The quantitative estimate of drug-likeness (QED) is 0.860. The molecule has 2 heterocycles. The van der Waals surface area contributed by atoms with Crippen molar-refractivity contribution in [2.75, 3.05) is 23.7 Å². The smallest absolute Gasteiger partial charge is 0.123 e. The number of fused-ring (bicyclic) bond motifs is 2. The first-order valence-corrected chi connectivity index (χ1v) is 7.59. The first kappa shape index (κ1) is 12.6. The summed E-state index contributed by atoms with van der Waals surface area (Å²) < 4.78 is 6.10. The minimum Gasteiger partial charge on any atom is -0.488 e. The van der Waals surface area contributed by atoms with Crippen LogP contribution in [0.5, 0.6) is 5.75 Å². The van der Waals surface area contributed by atoms with Crippen LogP contribution in [0.2, 0.25) is 0 Å². The van der Waals surface area contributed by atoms with Crippen molar-refractivity contribution in [3.8, 4) is 5.75 Å². The highest BCUT2D eigenvalue weighted by molar-refractivity contribution is 5.74. The van der Waals surface area contributed by atoms with Crippen molar-refractivity contribution in [1.82, 2.24) is 0 Å². The lowest BCUT2D eigenvalue weighted by molar-refractivity contribution is 0.238. The van der Waals surface area contributed by atoms with Crippen molar-refractivity contribution in [2.24, 2.45) is 0 Å². The second-order valence-electron chi connectivity index (χ2n) is 6.11. The molecule has 0 fully saturated rings. The highest BCUT2D eigenvalue weighted by Crippen LogP contribution is 2.36. The van der Waals surface area contributed by atoms with Crippen molar-refractivity contribution in [3.63, 3.8) is 0 Å². The van der Waals surface area contributed by atoms with Crippen LogP contribution >= 0.6 is 0 Å². The lowest BCUT2D eigenvalue weighted by Crippen LogP contribution is -2.34. The highest BCUT2D eigenvalue weighted by Gasteiger charge is 2.28. The molecule has 2 aliphatic rings. The minimum atomic E-state index is 0.229. The van der Waals surface area contributed by atoms with Gasteiger partial charge in [0.25, 0.3) is 0 Å². The van der Waals surface area contributed by atoms with Crippen LogP contribution in [0.25, 0.3) is 0 Å². The molecule has 108 valence electrons. The summed E-state index contributed by atoms with van der Waals surface area (Å²) in [5, 5.41) is 0. The van der Waals surface area contributed by atoms with Gasteiger partial charge in [0, 0.05) is 13.0 Å². The van der Waals surface area contributed by atoms with Crippen LogP contribution < -0.4 is 15.4 Å². The SMILES string of the molecule is Cc1ccc2c(c1)CC(CN1CCc3cccc(N)c31)O2. The van der Waals surface area contributed by atoms with E-state index >= 15 is 0 Å². The number of anilines is 2. The summed E-state index contributed by atoms with van der Waals surface area (Å²) >= 11 is 0. The van der Waals surface area contributed by atoms with Crippen molar-refractivity contribution in [2.45, 2.75) is 25.9 Å². The van der Waals surface area contributed by atoms with E-state index in [4.69, 9.17) is 10.5 Å². The van der Waals surface area contributed by atoms with Gasteiger partial charge in [0.1, 0.15) is 11.9 Å². The first-order chi connectivity index (χ1) is 10.2. The van der Waals surface area contributed by atoms with Crippen LogP contribution in [-0.4, -0.2) is 19.2 Å². The van der Waals surface area contributed by atoms with Crippen molar-refractivity contribution < 1.29 is 4.74 Å². The molecule has 21 heavy (non-hydrogen) atoms. The van der Waals surface area contributed by atoms with Crippen molar-refractivity contribution in [3.05, 3.63) is 53.1 Å². The summed E-state index contributed by atoms with van der Waals surface area (Å²) in [6, 6.07) is 12.7. The largest absolute Gasteiger partial charge is 0.488 e. The number of para-hydroxylation sites is 1. The third-order valence-corrected chi connectivity index (χ3v) is 4.50. The van der Waals surface area contributed by atoms with E-state index in [0.717, 1.165) is 37.4 Å². The Balaban J connectivity index is 1.53. The number of nitrogens with two attached hydrogens (primary N) is 1. The molecule has 3 nitrogen and oxygen atoms in total. The Morgan fingerprint density at radius 3 is 3.05 bits per heavy atom. The van der Waals surface area contributed by atoms with E-state index in [-0.39, 0.29) is 6.10 Å².